The van der Waals surface area contributed by atoms with E-state index >= 15 is 0 Å². The summed E-state index contributed by atoms with van der Waals surface area (Å²) in [6, 6.07) is 0. The number of rotatable bonds is 2. The molecule has 2 nitrogen and oxygen atoms in total. The van der Waals surface area contributed by atoms with Crippen LogP contribution in [0.15, 0.2) is 0 Å². The zero-order valence-corrected chi connectivity index (χ0v) is 8.01. The summed E-state index contributed by atoms with van der Waals surface area (Å²) < 4.78 is 5.31. The highest BCUT2D eigenvalue weighted by atomic mass is 16.5. The van der Waals surface area contributed by atoms with Crippen LogP contribution in [0.4, 0.5) is 0 Å². The predicted octanol–water partition coefficient (Wildman–Crippen LogP) is 1.30. The lowest BCUT2D eigenvalue weighted by Crippen LogP contribution is -2.22. The first-order valence-corrected chi connectivity index (χ1v) is 4.90. The zero-order chi connectivity index (χ0) is 8.97. The van der Waals surface area contributed by atoms with Gasteiger partial charge in [0, 0.05) is 5.82 Å². The van der Waals surface area contributed by atoms with E-state index in [9.17, 15) is 4.79 Å². The van der Waals surface area contributed by atoms with Crippen LogP contribution in [0.3, 0.4) is 0 Å². The molecule has 12 heavy (non-hydrogen) atoms. The van der Waals surface area contributed by atoms with Gasteiger partial charge in [0.05, 0.1) is 0 Å². The van der Waals surface area contributed by atoms with Crippen LogP contribution in [0.25, 0.3) is 0 Å². The summed E-state index contributed by atoms with van der Waals surface area (Å²) in [5.41, 5.74) is 0. The van der Waals surface area contributed by atoms with E-state index in [0.29, 0.717) is 0 Å². The molecule has 0 radical (unpaired) electrons. The summed E-state index contributed by atoms with van der Waals surface area (Å²) in [6.45, 7) is 1.88. The average Bonchev–Trinajstić information content (AvgIpc) is 2.06. The number of hydrogen-bond donors (Lipinski definition) is 0. The fourth-order valence-electron chi connectivity index (χ4n) is 1.48. The van der Waals surface area contributed by atoms with Gasteiger partial charge in [-0.2, -0.15) is 0 Å². The van der Waals surface area contributed by atoms with Gasteiger partial charge in [-0.25, -0.2) is 0 Å². The summed E-state index contributed by atoms with van der Waals surface area (Å²) >= 11 is 0. The topological polar surface area (TPSA) is 26.3 Å². The molecule has 0 aromatic rings. The Morgan fingerprint density at radius 1 is 1.42 bits per heavy atom. The fourth-order valence-corrected chi connectivity index (χ4v) is 1.48. The smallest absolute Gasteiger partial charge is 0.300 e. The highest BCUT2D eigenvalue weighted by Crippen LogP contribution is 2.21. The van der Waals surface area contributed by atoms with Crippen molar-refractivity contribution in [3.63, 3.8) is 0 Å². The minimum Gasteiger partial charge on any atom is -0.463 e. The lowest BCUT2D eigenvalue weighted by atomic mass is 9.89. The molecule has 0 bridgehead atoms. The molecule has 0 aromatic heterocycles. The van der Waals surface area contributed by atoms with Gasteiger partial charge in [-0.15, -0.1) is 0 Å². The van der Waals surface area contributed by atoms with Crippen LogP contribution in [0.1, 0.15) is 39.0 Å². The van der Waals surface area contributed by atoms with E-state index in [2.05, 4.69) is 0 Å². The summed E-state index contributed by atoms with van der Waals surface area (Å²) in [4.78, 5) is 11.2. The molecule has 0 spiro atoms. The first-order valence-electron chi connectivity index (χ1n) is 4.90. The monoisotopic (exact) mass is 168 g/mol. The van der Waals surface area contributed by atoms with Crippen LogP contribution in [0.2, 0.25) is 5.82 Å². The maximum absolute atomic E-state index is 11.2. The summed E-state index contributed by atoms with van der Waals surface area (Å²) in [7, 11) is 1.88. The molecule has 1 saturated carbocycles. The molecule has 0 saturated heterocycles. The Morgan fingerprint density at radius 3 is 2.50 bits per heavy atom. The molecule has 68 valence electrons. The van der Waals surface area contributed by atoms with Crippen LogP contribution in [0.5, 0.6) is 0 Å². The largest absolute Gasteiger partial charge is 0.463 e. The van der Waals surface area contributed by atoms with Crippen LogP contribution in [0, 0.1) is 0 Å². The predicted molar refractivity (Wildman–Crippen MR) is 50.9 cm³/mol. The second-order valence-electron chi connectivity index (χ2n) is 3.85. The molecular formula is C9H17BO2. The Balaban J connectivity index is 2.24. The van der Waals surface area contributed by atoms with Crippen molar-refractivity contribution in [3.8, 4) is 0 Å². The van der Waals surface area contributed by atoms with E-state index in [1.54, 1.807) is 0 Å². The van der Waals surface area contributed by atoms with E-state index in [0.717, 1.165) is 12.8 Å². The van der Waals surface area contributed by atoms with Crippen LogP contribution in [-0.2, 0) is 9.53 Å². The van der Waals surface area contributed by atoms with Crippen LogP contribution >= 0.6 is 0 Å². The van der Waals surface area contributed by atoms with E-state index in [-0.39, 0.29) is 17.9 Å². The molecule has 0 unspecified atom stereocenters. The molecular weight excluding hydrogens is 151 g/mol. The third-order valence-electron chi connectivity index (χ3n) is 2.31. The lowest BCUT2D eigenvalue weighted by molar-refractivity contribution is -0.149. The molecule has 0 aromatic carbocycles. The summed E-state index contributed by atoms with van der Waals surface area (Å²) in [5.74, 6) is -0.0196. The fraction of sp³-hybridized carbons (Fsp3) is 0.889. The Hall–Kier alpha value is -0.465. The minimum absolute atomic E-state index is 0.0203. The van der Waals surface area contributed by atoms with E-state index < -0.39 is 0 Å². The SMILES string of the molecule is B[C@@H](C)C(=O)OC1CCCCC1. The molecule has 1 aliphatic rings. The third-order valence-corrected chi connectivity index (χ3v) is 2.31. The maximum Gasteiger partial charge on any atom is 0.300 e. The van der Waals surface area contributed by atoms with Crippen molar-refractivity contribution >= 4 is 13.8 Å². The summed E-state index contributed by atoms with van der Waals surface area (Å²) in [6.07, 6.45) is 6.09. The average molecular weight is 168 g/mol. The van der Waals surface area contributed by atoms with Crippen LogP contribution < -0.4 is 0 Å². The van der Waals surface area contributed by atoms with Crippen molar-refractivity contribution in [1.29, 1.82) is 0 Å². The Kier molecular flexibility index (Phi) is 3.64. The highest BCUT2D eigenvalue weighted by Gasteiger charge is 2.18. The van der Waals surface area contributed by atoms with E-state index in [1.807, 2.05) is 14.8 Å². The Labute approximate surface area is 75.1 Å². The second-order valence-corrected chi connectivity index (χ2v) is 3.85. The maximum atomic E-state index is 11.2. The Morgan fingerprint density at radius 2 is 2.00 bits per heavy atom. The van der Waals surface area contributed by atoms with Crippen molar-refractivity contribution in [2.75, 3.05) is 0 Å². The van der Waals surface area contributed by atoms with Crippen molar-refractivity contribution in [2.45, 2.75) is 50.9 Å². The summed E-state index contributed by atoms with van der Waals surface area (Å²) in [5, 5.41) is 0. The second kappa shape index (κ2) is 4.53. The van der Waals surface area contributed by atoms with Gasteiger partial charge in [0.1, 0.15) is 14.0 Å². The van der Waals surface area contributed by atoms with Gasteiger partial charge in [-0.3, -0.25) is 4.79 Å². The van der Waals surface area contributed by atoms with Gasteiger partial charge in [0.2, 0.25) is 0 Å². The van der Waals surface area contributed by atoms with Gasteiger partial charge in [0.15, 0.2) is 0 Å². The number of carbonyl (C=O) groups excluding carboxylic acids is 1. The standard InChI is InChI=1S/C9H17BO2/c1-7(10)9(11)12-8-5-3-2-4-6-8/h7-8H,2-6,10H2,1H3/t7-/m0/s1. The molecule has 1 fully saturated rings. The molecule has 0 N–H and O–H groups in total. The van der Waals surface area contributed by atoms with Crippen molar-refractivity contribution in [1.82, 2.24) is 0 Å². The molecule has 0 aliphatic heterocycles. The van der Waals surface area contributed by atoms with Crippen molar-refractivity contribution in [3.05, 3.63) is 0 Å². The molecule has 1 atom stereocenters. The van der Waals surface area contributed by atoms with Crippen molar-refractivity contribution < 1.29 is 9.53 Å². The number of carbonyl (C=O) groups is 1. The van der Waals surface area contributed by atoms with Gasteiger partial charge >= 0.3 is 5.97 Å². The van der Waals surface area contributed by atoms with Gasteiger partial charge in [0.25, 0.3) is 0 Å². The third kappa shape index (κ3) is 2.88. The quantitative estimate of drug-likeness (QED) is 0.458. The van der Waals surface area contributed by atoms with Gasteiger partial charge in [-0.1, -0.05) is 13.3 Å². The van der Waals surface area contributed by atoms with Gasteiger partial charge in [-0.05, 0) is 25.7 Å². The zero-order valence-electron chi connectivity index (χ0n) is 8.01. The van der Waals surface area contributed by atoms with Crippen LogP contribution in [-0.4, -0.2) is 19.9 Å². The first kappa shape index (κ1) is 9.62. The highest BCUT2D eigenvalue weighted by molar-refractivity contribution is 6.22. The van der Waals surface area contributed by atoms with Crippen molar-refractivity contribution in [2.24, 2.45) is 0 Å². The molecule has 1 aliphatic carbocycles. The lowest BCUT2D eigenvalue weighted by Gasteiger charge is -2.22. The Bertz CT molecular complexity index is 151. The first-order chi connectivity index (χ1) is 5.70. The number of esters is 1. The van der Waals surface area contributed by atoms with Gasteiger partial charge < -0.3 is 4.74 Å². The molecule has 0 heterocycles. The van der Waals surface area contributed by atoms with E-state index in [4.69, 9.17) is 4.74 Å². The molecule has 1 rings (SSSR count). The molecule has 0 amide bonds. The number of hydrogen-bond acceptors (Lipinski definition) is 2. The number of ether oxygens (including phenoxy) is 1. The molecule has 3 heteroatoms. The van der Waals surface area contributed by atoms with E-state index in [1.165, 1.54) is 19.3 Å². The minimum atomic E-state index is -0.0399. The normalized spacial score (nSPS) is 21.8.